The second-order valence-electron chi connectivity index (χ2n) is 3.55. The van der Waals surface area contributed by atoms with Crippen LogP contribution in [0.4, 0.5) is 5.69 Å². The Labute approximate surface area is 118 Å². The number of aryl methyl sites for hydroxylation is 1. The number of thiazole rings is 1. The van der Waals surface area contributed by atoms with E-state index in [2.05, 4.69) is 33.2 Å². The molecule has 0 fully saturated rings. The average molecular weight is 332 g/mol. The first kappa shape index (κ1) is 12.9. The van der Waals surface area contributed by atoms with Crippen LogP contribution in [-0.4, -0.2) is 4.98 Å². The number of nitrogens with zero attached hydrogens (tertiary/aromatic N) is 1. The van der Waals surface area contributed by atoms with E-state index in [4.69, 9.17) is 11.6 Å². The molecule has 0 saturated heterocycles. The number of hydrogen-bond donors (Lipinski definition) is 1. The van der Waals surface area contributed by atoms with Gasteiger partial charge in [0.15, 0.2) is 0 Å². The summed E-state index contributed by atoms with van der Waals surface area (Å²) >= 11 is 11.3. The van der Waals surface area contributed by atoms with Crippen LogP contribution in [0.2, 0.25) is 5.02 Å². The molecule has 17 heavy (non-hydrogen) atoms. The number of anilines is 1. The lowest BCUT2D eigenvalue weighted by Crippen LogP contribution is -1.97. The molecule has 2 nitrogen and oxygen atoms in total. The molecule has 0 radical (unpaired) electrons. The zero-order valence-electron chi connectivity index (χ0n) is 9.34. The van der Waals surface area contributed by atoms with Crippen LogP contribution in [-0.2, 0) is 13.0 Å². The van der Waals surface area contributed by atoms with Crippen molar-refractivity contribution in [3.8, 4) is 0 Å². The fraction of sp³-hybridized carbons (Fsp3) is 0.250. The van der Waals surface area contributed by atoms with Crippen molar-refractivity contribution in [1.82, 2.24) is 4.98 Å². The van der Waals surface area contributed by atoms with Crippen LogP contribution in [0.1, 0.15) is 16.8 Å². The Kier molecular flexibility index (Phi) is 4.42. The molecule has 2 rings (SSSR count). The molecular formula is C12H12BrClN2S. The van der Waals surface area contributed by atoms with Gasteiger partial charge in [0.05, 0.1) is 22.3 Å². The van der Waals surface area contributed by atoms with E-state index in [1.807, 2.05) is 24.4 Å². The monoisotopic (exact) mass is 330 g/mol. The molecule has 0 saturated carbocycles. The Balaban J connectivity index is 2.04. The summed E-state index contributed by atoms with van der Waals surface area (Å²) in [5.41, 5.74) is 0.937. The molecule has 0 aliphatic carbocycles. The number of benzene rings is 1. The molecule has 1 N–H and O–H groups in total. The summed E-state index contributed by atoms with van der Waals surface area (Å²) in [4.78, 5) is 5.54. The second-order valence-corrected chi connectivity index (χ2v) is 6.07. The van der Waals surface area contributed by atoms with E-state index in [-0.39, 0.29) is 0 Å². The first-order chi connectivity index (χ1) is 8.19. The van der Waals surface area contributed by atoms with Crippen molar-refractivity contribution in [3.05, 3.63) is 43.8 Å². The van der Waals surface area contributed by atoms with Crippen LogP contribution in [0.3, 0.4) is 0 Å². The first-order valence-corrected chi connectivity index (χ1v) is 7.30. The molecule has 1 heterocycles. The quantitative estimate of drug-likeness (QED) is 0.875. The smallest absolute Gasteiger partial charge is 0.0925 e. The third kappa shape index (κ3) is 3.44. The summed E-state index contributed by atoms with van der Waals surface area (Å²) < 4.78 is 1.02. The Bertz CT molecular complexity index is 513. The zero-order valence-corrected chi connectivity index (χ0v) is 12.5. The van der Waals surface area contributed by atoms with Crippen LogP contribution in [0.25, 0.3) is 0 Å². The van der Waals surface area contributed by atoms with Crippen LogP contribution in [0, 0.1) is 0 Å². The van der Waals surface area contributed by atoms with Gasteiger partial charge in [-0.25, -0.2) is 4.98 Å². The van der Waals surface area contributed by atoms with Crippen LogP contribution in [0.15, 0.2) is 28.9 Å². The fourth-order valence-corrected chi connectivity index (χ4v) is 2.76. The number of hydrogen-bond acceptors (Lipinski definition) is 3. The Morgan fingerprint density at radius 1 is 1.47 bits per heavy atom. The minimum Gasteiger partial charge on any atom is -0.379 e. The van der Waals surface area contributed by atoms with Crippen molar-refractivity contribution in [3.63, 3.8) is 0 Å². The van der Waals surface area contributed by atoms with E-state index >= 15 is 0 Å². The minimum absolute atomic E-state index is 0.730. The number of nitrogens with one attached hydrogen (secondary N) is 1. The molecule has 0 bridgehead atoms. The third-order valence-corrected chi connectivity index (χ3v) is 4.25. The summed E-state index contributed by atoms with van der Waals surface area (Å²) in [5, 5.41) is 5.21. The van der Waals surface area contributed by atoms with Crippen molar-refractivity contribution >= 4 is 44.6 Å². The molecule has 0 aliphatic rings. The fourth-order valence-electron chi connectivity index (χ4n) is 1.41. The molecule has 1 aromatic carbocycles. The Hall–Kier alpha value is -0.580. The van der Waals surface area contributed by atoms with Crippen molar-refractivity contribution in [2.45, 2.75) is 19.9 Å². The lowest BCUT2D eigenvalue weighted by atomic mass is 10.3. The van der Waals surface area contributed by atoms with Crippen LogP contribution in [0.5, 0.6) is 0 Å². The zero-order chi connectivity index (χ0) is 12.3. The van der Waals surface area contributed by atoms with E-state index < -0.39 is 0 Å². The molecule has 2 aromatic rings. The van der Waals surface area contributed by atoms with Gasteiger partial charge in [-0.05, 0) is 24.6 Å². The molecule has 0 spiro atoms. The van der Waals surface area contributed by atoms with Gasteiger partial charge < -0.3 is 5.32 Å². The highest BCUT2D eigenvalue weighted by Crippen LogP contribution is 2.26. The predicted molar refractivity (Wildman–Crippen MR) is 78.0 cm³/mol. The van der Waals surface area contributed by atoms with Gasteiger partial charge in [-0.2, -0.15) is 0 Å². The van der Waals surface area contributed by atoms with Crippen molar-refractivity contribution in [2.75, 3.05) is 5.32 Å². The Morgan fingerprint density at radius 2 is 2.29 bits per heavy atom. The topological polar surface area (TPSA) is 24.9 Å². The summed E-state index contributed by atoms with van der Waals surface area (Å²) in [5.74, 6) is 0. The summed E-state index contributed by atoms with van der Waals surface area (Å²) in [6.07, 6.45) is 2.91. The molecule has 90 valence electrons. The highest BCUT2D eigenvalue weighted by molar-refractivity contribution is 9.10. The summed E-state index contributed by atoms with van der Waals surface area (Å²) in [7, 11) is 0. The summed E-state index contributed by atoms with van der Waals surface area (Å²) in [6.45, 7) is 2.87. The van der Waals surface area contributed by atoms with E-state index in [0.717, 1.165) is 28.1 Å². The van der Waals surface area contributed by atoms with Gasteiger partial charge in [-0.1, -0.05) is 34.5 Å². The maximum atomic E-state index is 6.10. The third-order valence-electron chi connectivity index (χ3n) is 2.29. The number of aromatic nitrogens is 1. The van der Waals surface area contributed by atoms with E-state index in [9.17, 15) is 0 Å². The standard InChI is InChI=1S/C12H12BrClN2S/c1-2-12-16-7-9(17-12)6-15-11-5-8(13)3-4-10(11)14/h3-5,7,15H,2,6H2,1H3. The SMILES string of the molecule is CCc1ncc(CNc2cc(Br)ccc2Cl)s1. The molecular weight excluding hydrogens is 320 g/mol. The highest BCUT2D eigenvalue weighted by Gasteiger charge is 2.03. The van der Waals surface area contributed by atoms with Crippen LogP contribution >= 0.6 is 38.9 Å². The largest absolute Gasteiger partial charge is 0.379 e. The van der Waals surface area contributed by atoms with Crippen molar-refractivity contribution in [2.24, 2.45) is 0 Å². The van der Waals surface area contributed by atoms with Gasteiger partial charge in [0.25, 0.3) is 0 Å². The molecule has 5 heteroatoms. The van der Waals surface area contributed by atoms with Gasteiger partial charge in [0.2, 0.25) is 0 Å². The number of halogens is 2. The second kappa shape index (κ2) is 5.85. The molecule has 0 amide bonds. The van der Waals surface area contributed by atoms with E-state index in [1.54, 1.807) is 11.3 Å². The first-order valence-electron chi connectivity index (χ1n) is 5.31. The minimum atomic E-state index is 0.730. The molecule has 0 atom stereocenters. The maximum Gasteiger partial charge on any atom is 0.0925 e. The van der Waals surface area contributed by atoms with Crippen molar-refractivity contribution in [1.29, 1.82) is 0 Å². The maximum absolute atomic E-state index is 6.10. The molecule has 1 aromatic heterocycles. The van der Waals surface area contributed by atoms with Crippen molar-refractivity contribution < 1.29 is 0 Å². The summed E-state index contributed by atoms with van der Waals surface area (Å²) in [6, 6.07) is 5.78. The van der Waals surface area contributed by atoms with E-state index in [0.29, 0.717) is 0 Å². The lowest BCUT2D eigenvalue weighted by Gasteiger charge is -2.07. The van der Waals surface area contributed by atoms with Gasteiger partial charge in [-0.15, -0.1) is 11.3 Å². The van der Waals surface area contributed by atoms with Crippen LogP contribution < -0.4 is 5.32 Å². The predicted octanol–water partition coefficient (Wildman–Crippen LogP) is 4.73. The van der Waals surface area contributed by atoms with E-state index in [1.165, 1.54) is 9.88 Å². The lowest BCUT2D eigenvalue weighted by molar-refractivity contribution is 1.09. The Morgan fingerprint density at radius 3 is 3.00 bits per heavy atom. The van der Waals surface area contributed by atoms with Gasteiger partial charge in [-0.3, -0.25) is 0 Å². The van der Waals surface area contributed by atoms with Gasteiger partial charge >= 0.3 is 0 Å². The number of rotatable bonds is 4. The highest BCUT2D eigenvalue weighted by atomic mass is 79.9. The molecule has 0 unspecified atom stereocenters. The average Bonchev–Trinajstić information content (AvgIpc) is 2.78. The van der Waals surface area contributed by atoms with Gasteiger partial charge in [0, 0.05) is 15.5 Å². The van der Waals surface area contributed by atoms with Gasteiger partial charge in [0.1, 0.15) is 0 Å². The molecule has 0 aliphatic heterocycles. The normalized spacial score (nSPS) is 10.5.